The molecule has 2 aliphatic rings. The highest BCUT2D eigenvalue weighted by Crippen LogP contribution is 2.21. The van der Waals surface area contributed by atoms with E-state index >= 15 is 0 Å². The van der Waals surface area contributed by atoms with Crippen LogP contribution in [0.4, 0.5) is 9.59 Å². The number of carbonyl (C=O) groups excluding carboxylic acids is 2. The number of hydrogen-bond donors (Lipinski definition) is 1. The molecule has 130 valence electrons. The van der Waals surface area contributed by atoms with E-state index in [2.05, 4.69) is 6.58 Å². The van der Waals surface area contributed by atoms with Gasteiger partial charge in [0.15, 0.2) is 0 Å². The fraction of sp³-hybridized carbons (Fsp3) is 0.733. The molecule has 8 nitrogen and oxygen atoms in total. The van der Waals surface area contributed by atoms with Gasteiger partial charge in [0.2, 0.25) is 0 Å². The van der Waals surface area contributed by atoms with E-state index in [4.69, 9.17) is 15.2 Å². The van der Waals surface area contributed by atoms with Crippen LogP contribution in [0.3, 0.4) is 0 Å². The van der Waals surface area contributed by atoms with Crippen molar-refractivity contribution in [3.63, 3.8) is 0 Å². The van der Waals surface area contributed by atoms with E-state index in [1.807, 2.05) is 13.8 Å². The van der Waals surface area contributed by atoms with Crippen molar-refractivity contribution >= 4 is 12.1 Å². The molecule has 23 heavy (non-hydrogen) atoms. The fourth-order valence-corrected chi connectivity index (χ4v) is 2.46. The molecular formula is C15H26N4O4. The monoisotopic (exact) mass is 326 g/mol. The number of ether oxygens (including phenoxy) is 2. The minimum Gasteiger partial charge on any atom is -0.380 e. The molecule has 2 fully saturated rings. The van der Waals surface area contributed by atoms with Crippen molar-refractivity contribution in [3.8, 4) is 0 Å². The second-order valence-electron chi connectivity index (χ2n) is 6.21. The highest BCUT2D eigenvalue weighted by Gasteiger charge is 2.40. The third-order valence-corrected chi connectivity index (χ3v) is 3.86. The van der Waals surface area contributed by atoms with Gasteiger partial charge in [-0.2, -0.15) is 0 Å². The Balaban J connectivity index is 2.23. The summed E-state index contributed by atoms with van der Waals surface area (Å²) in [5.74, 6) is 0. The van der Waals surface area contributed by atoms with Crippen molar-refractivity contribution < 1.29 is 19.1 Å². The van der Waals surface area contributed by atoms with E-state index in [0.717, 1.165) is 0 Å². The Hall–Kier alpha value is -1.64. The fourth-order valence-electron chi connectivity index (χ4n) is 2.46. The molecule has 0 radical (unpaired) electrons. The molecule has 2 rings (SSSR count). The Morgan fingerprint density at radius 1 is 1.30 bits per heavy atom. The molecule has 8 heteroatoms. The van der Waals surface area contributed by atoms with Gasteiger partial charge in [0, 0.05) is 31.9 Å². The Kier molecular flexibility index (Phi) is 5.61. The summed E-state index contributed by atoms with van der Waals surface area (Å²) in [7, 11) is 1.59. The smallest absolute Gasteiger partial charge is 0.332 e. The molecule has 2 aliphatic heterocycles. The van der Waals surface area contributed by atoms with E-state index in [9.17, 15) is 9.59 Å². The van der Waals surface area contributed by atoms with Crippen molar-refractivity contribution in [3.05, 3.63) is 12.3 Å². The lowest BCUT2D eigenvalue weighted by molar-refractivity contribution is 0.0827. The maximum Gasteiger partial charge on any atom is 0.332 e. The molecule has 0 aromatic heterocycles. The number of methoxy groups -OCH3 is 1. The van der Waals surface area contributed by atoms with Gasteiger partial charge >= 0.3 is 12.1 Å². The quantitative estimate of drug-likeness (QED) is 0.686. The second-order valence-corrected chi connectivity index (χ2v) is 6.21. The van der Waals surface area contributed by atoms with E-state index in [-0.39, 0.29) is 43.4 Å². The lowest BCUT2D eigenvalue weighted by Crippen LogP contribution is -2.50. The van der Waals surface area contributed by atoms with Crippen LogP contribution in [0.2, 0.25) is 0 Å². The van der Waals surface area contributed by atoms with Crippen molar-refractivity contribution in [2.75, 3.05) is 39.9 Å². The number of nitrogens with two attached hydrogens (primary N) is 1. The highest BCUT2D eigenvalue weighted by atomic mass is 16.6. The van der Waals surface area contributed by atoms with Gasteiger partial charge in [-0.15, -0.1) is 0 Å². The molecule has 2 saturated heterocycles. The minimum atomic E-state index is -0.389. The summed E-state index contributed by atoms with van der Waals surface area (Å²) in [6.07, 6.45) is -0.214. The van der Waals surface area contributed by atoms with Crippen molar-refractivity contribution in [1.82, 2.24) is 14.7 Å². The lowest BCUT2D eigenvalue weighted by Gasteiger charge is -2.27. The van der Waals surface area contributed by atoms with Gasteiger partial charge in [-0.05, 0) is 13.8 Å². The van der Waals surface area contributed by atoms with Gasteiger partial charge in [-0.25, -0.2) is 14.5 Å². The number of carbonyl (C=O) groups is 2. The Labute approximate surface area is 136 Å². The Morgan fingerprint density at radius 2 is 1.96 bits per heavy atom. The van der Waals surface area contributed by atoms with Crippen LogP contribution in [0.5, 0.6) is 0 Å². The number of amides is 4. The molecule has 0 spiro atoms. The average Bonchev–Trinajstić information content (AvgIpc) is 3.31. The maximum absolute atomic E-state index is 12.8. The lowest BCUT2D eigenvalue weighted by atomic mass is 10.3. The number of hydrogen-bond acceptors (Lipinski definition) is 5. The van der Waals surface area contributed by atoms with Crippen molar-refractivity contribution in [1.29, 1.82) is 0 Å². The topological polar surface area (TPSA) is 91.6 Å². The zero-order chi connectivity index (χ0) is 17.1. The number of urea groups is 2. The normalized spacial score (nSPS) is 24.8. The van der Waals surface area contributed by atoms with Gasteiger partial charge in [0.1, 0.15) is 0 Å². The predicted octanol–water partition coefficient (Wildman–Crippen LogP) is 0.441. The first kappa shape index (κ1) is 17.7. The Morgan fingerprint density at radius 3 is 2.48 bits per heavy atom. The predicted molar refractivity (Wildman–Crippen MR) is 84.8 cm³/mol. The zero-order valence-corrected chi connectivity index (χ0v) is 14.0. The molecule has 3 unspecified atom stereocenters. The first-order valence-corrected chi connectivity index (χ1v) is 7.79. The second kappa shape index (κ2) is 7.29. The number of rotatable bonds is 7. The van der Waals surface area contributed by atoms with Crippen LogP contribution in [-0.2, 0) is 9.47 Å². The average molecular weight is 326 g/mol. The maximum atomic E-state index is 12.8. The van der Waals surface area contributed by atoms with Crippen molar-refractivity contribution in [2.45, 2.75) is 32.1 Å². The van der Waals surface area contributed by atoms with Gasteiger partial charge in [0.05, 0.1) is 31.9 Å². The zero-order valence-electron chi connectivity index (χ0n) is 14.0. The first-order chi connectivity index (χ1) is 10.8. The van der Waals surface area contributed by atoms with E-state index in [1.54, 1.807) is 12.0 Å². The van der Waals surface area contributed by atoms with Crippen LogP contribution in [0.25, 0.3) is 0 Å². The van der Waals surface area contributed by atoms with Crippen molar-refractivity contribution in [2.24, 2.45) is 5.73 Å². The van der Waals surface area contributed by atoms with Gasteiger partial charge in [-0.1, -0.05) is 6.58 Å². The largest absolute Gasteiger partial charge is 0.380 e. The molecule has 0 aliphatic carbocycles. The van der Waals surface area contributed by atoms with E-state index in [0.29, 0.717) is 25.4 Å². The summed E-state index contributed by atoms with van der Waals surface area (Å²) in [6, 6.07) is -0.947. The highest BCUT2D eigenvalue weighted by molar-refractivity contribution is 5.95. The molecular weight excluding hydrogens is 300 g/mol. The van der Waals surface area contributed by atoms with Crippen LogP contribution < -0.4 is 5.73 Å². The molecule has 2 heterocycles. The summed E-state index contributed by atoms with van der Waals surface area (Å²) in [5.41, 5.74) is 6.39. The van der Waals surface area contributed by atoms with Crippen LogP contribution in [0.15, 0.2) is 12.3 Å². The summed E-state index contributed by atoms with van der Waals surface area (Å²) in [5, 5.41) is 0. The Bertz CT molecular complexity index is 478. The summed E-state index contributed by atoms with van der Waals surface area (Å²) in [4.78, 5) is 29.8. The van der Waals surface area contributed by atoms with E-state index in [1.165, 1.54) is 9.80 Å². The molecule has 0 saturated carbocycles. The van der Waals surface area contributed by atoms with E-state index < -0.39 is 0 Å². The first-order valence-electron chi connectivity index (χ1n) is 7.79. The minimum absolute atomic E-state index is 0.0758. The SMILES string of the molecule is C=C1CN(CC(C)OC)C(=O)N(CC2CO2)C(=O)N1CC(C)N. The molecule has 0 aromatic carbocycles. The molecule has 3 atom stereocenters. The summed E-state index contributed by atoms with van der Waals surface area (Å²) < 4.78 is 10.4. The number of epoxide rings is 1. The molecule has 2 N–H and O–H groups in total. The standard InChI is InChI=1S/C15H26N4O4/c1-10(16)5-18-11(2)6-17(7-12(3)22-4)14(20)19(15(18)21)8-13-9-23-13/h10,12-13H,2,5-9,16H2,1,3-4H3. The van der Waals surface area contributed by atoms with Crippen LogP contribution in [0.1, 0.15) is 13.8 Å². The van der Waals surface area contributed by atoms with Crippen LogP contribution >= 0.6 is 0 Å². The third kappa shape index (κ3) is 4.43. The summed E-state index contributed by atoms with van der Waals surface area (Å²) >= 11 is 0. The van der Waals surface area contributed by atoms with Crippen LogP contribution in [-0.4, -0.2) is 84.9 Å². The summed E-state index contributed by atoms with van der Waals surface area (Å²) in [6.45, 7) is 9.44. The molecule has 0 aromatic rings. The third-order valence-electron chi connectivity index (χ3n) is 3.86. The number of nitrogens with zero attached hydrogens (tertiary/aromatic N) is 3. The number of imide groups is 1. The molecule has 4 amide bonds. The van der Waals surface area contributed by atoms with Gasteiger partial charge in [0.25, 0.3) is 0 Å². The van der Waals surface area contributed by atoms with Gasteiger partial charge in [-0.3, -0.25) is 4.90 Å². The molecule has 0 bridgehead atoms. The van der Waals surface area contributed by atoms with Gasteiger partial charge < -0.3 is 20.1 Å². The van der Waals surface area contributed by atoms with Crippen LogP contribution in [0, 0.1) is 0 Å².